The highest BCUT2D eigenvalue weighted by Crippen LogP contribution is 2.36. The fraction of sp³-hybridized carbons (Fsp3) is 0.500. The summed E-state index contributed by atoms with van der Waals surface area (Å²) in [6.45, 7) is 4.01. The van der Waals surface area contributed by atoms with Crippen molar-refractivity contribution in [3.8, 4) is 0 Å². The molecule has 1 fully saturated rings. The first-order valence-corrected chi connectivity index (χ1v) is 6.47. The summed E-state index contributed by atoms with van der Waals surface area (Å²) in [5, 5.41) is 9.41. The van der Waals surface area contributed by atoms with Gasteiger partial charge in [0.2, 0.25) is 0 Å². The Morgan fingerprint density at radius 1 is 1.45 bits per heavy atom. The standard InChI is InChI=1S/C14H17FN2O3/c1-14(2)4-3-5-17(11(14)13(19)20)12(18)9-6-10(15)8-16-7-9/h6-8,11H,3-5H2,1-2H3,(H,19,20). The Morgan fingerprint density at radius 3 is 2.75 bits per heavy atom. The maximum absolute atomic E-state index is 13.2. The predicted octanol–water partition coefficient (Wildman–Crippen LogP) is 1.94. The van der Waals surface area contributed by atoms with Crippen molar-refractivity contribution in [2.45, 2.75) is 32.7 Å². The van der Waals surface area contributed by atoms with Gasteiger partial charge in [0, 0.05) is 12.7 Å². The smallest absolute Gasteiger partial charge is 0.326 e. The van der Waals surface area contributed by atoms with Gasteiger partial charge in [0.05, 0.1) is 11.8 Å². The highest BCUT2D eigenvalue weighted by Gasteiger charge is 2.44. The molecule has 1 saturated heterocycles. The molecule has 0 spiro atoms. The second-order valence-corrected chi connectivity index (χ2v) is 5.72. The van der Waals surface area contributed by atoms with Crippen molar-refractivity contribution >= 4 is 11.9 Å². The molecular weight excluding hydrogens is 263 g/mol. The van der Waals surface area contributed by atoms with Gasteiger partial charge >= 0.3 is 5.97 Å². The number of halogens is 1. The van der Waals surface area contributed by atoms with Gasteiger partial charge in [0.25, 0.3) is 5.91 Å². The molecule has 2 rings (SSSR count). The summed E-state index contributed by atoms with van der Waals surface area (Å²) in [4.78, 5) is 28.9. The highest BCUT2D eigenvalue weighted by atomic mass is 19.1. The lowest BCUT2D eigenvalue weighted by Gasteiger charge is -2.43. The van der Waals surface area contributed by atoms with E-state index in [1.54, 1.807) is 0 Å². The van der Waals surface area contributed by atoms with Gasteiger partial charge in [0.15, 0.2) is 0 Å². The van der Waals surface area contributed by atoms with Crippen molar-refractivity contribution in [1.29, 1.82) is 0 Å². The third kappa shape index (κ3) is 2.64. The molecule has 0 saturated carbocycles. The van der Waals surface area contributed by atoms with Gasteiger partial charge in [-0.25, -0.2) is 9.18 Å². The van der Waals surface area contributed by atoms with E-state index in [0.29, 0.717) is 6.54 Å². The Morgan fingerprint density at radius 2 is 2.15 bits per heavy atom. The molecule has 1 aromatic rings. The number of aliphatic carboxylic acids is 1. The quantitative estimate of drug-likeness (QED) is 0.898. The fourth-order valence-corrected chi connectivity index (χ4v) is 2.77. The van der Waals surface area contributed by atoms with Crippen molar-refractivity contribution in [3.63, 3.8) is 0 Å². The number of piperidine rings is 1. The van der Waals surface area contributed by atoms with E-state index in [0.717, 1.165) is 25.1 Å². The van der Waals surface area contributed by atoms with E-state index in [1.807, 2.05) is 13.8 Å². The average Bonchev–Trinajstić information content (AvgIpc) is 2.35. The van der Waals surface area contributed by atoms with Gasteiger partial charge in [-0.2, -0.15) is 0 Å². The maximum atomic E-state index is 13.2. The van der Waals surface area contributed by atoms with Crippen molar-refractivity contribution < 1.29 is 19.1 Å². The molecular formula is C14H17FN2O3. The van der Waals surface area contributed by atoms with Crippen LogP contribution in [0.2, 0.25) is 0 Å². The van der Waals surface area contributed by atoms with Crippen LogP contribution < -0.4 is 0 Å². The number of carboxylic acid groups (broad SMARTS) is 1. The van der Waals surface area contributed by atoms with Crippen molar-refractivity contribution in [2.24, 2.45) is 5.41 Å². The highest BCUT2D eigenvalue weighted by molar-refractivity contribution is 5.96. The molecule has 1 unspecified atom stereocenters. The normalized spacial score (nSPS) is 21.6. The summed E-state index contributed by atoms with van der Waals surface area (Å²) in [7, 11) is 0. The van der Waals surface area contributed by atoms with E-state index >= 15 is 0 Å². The van der Waals surface area contributed by atoms with E-state index in [2.05, 4.69) is 4.98 Å². The van der Waals surface area contributed by atoms with Gasteiger partial charge in [0.1, 0.15) is 11.9 Å². The van der Waals surface area contributed by atoms with E-state index < -0.39 is 29.2 Å². The number of nitrogens with zero attached hydrogens (tertiary/aromatic N) is 2. The molecule has 2 heterocycles. The van der Waals surface area contributed by atoms with Gasteiger partial charge in [-0.1, -0.05) is 13.8 Å². The van der Waals surface area contributed by atoms with Crippen LogP contribution in [0.4, 0.5) is 4.39 Å². The number of amides is 1. The number of pyridine rings is 1. The van der Waals surface area contributed by atoms with E-state index in [4.69, 9.17) is 0 Å². The molecule has 0 bridgehead atoms. The monoisotopic (exact) mass is 280 g/mol. The van der Waals surface area contributed by atoms with Crippen molar-refractivity contribution in [2.75, 3.05) is 6.54 Å². The molecule has 1 aromatic heterocycles. The van der Waals surface area contributed by atoms with Crippen LogP contribution in [-0.2, 0) is 4.79 Å². The minimum atomic E-state index is -1.03. The molecule has 1 N–H and O–H groups in total. The molecule has 5 nitrogen and oxygen atoms in total. The minimum absolute atomic E-state index is 0.0777. The molecule has 6 heteroatoms. The third-order valence-corrected chi connectivity index (χ3v) is 3.72. The largest absolute Gasteiger partial charge is 0.480 e. The molecule has 108 valence electrons. The lowest BCUT2D eigenvalue weighted by molar-refractivity contribution is -0.148. The number of hydrogen-bond acceptors (Lipinski definition) is 3. The molecule has 0 radical (unpaired) electrons. The van der Waals surface area contributed by atoms with Gasteiger partial charge in [-0.15, -0.1) is 0 Å². The first-order valence-electron chi connectivity index (χ1n) is 6.47. The number of likely N-dealkylation sites (tertiary alicyclic amines) is 1. The molecule has 1 aliphatic rings. The number of carbonyl (C=O) groups excluding carboxylic acids is 1. The first kappa shape index (κ1) is 14.4. The lowest BCUT2D eigenvalue weighted by Crippen LogP contribution is -2.56. The summed E-state index contributed by atoms with van der Waals surface area (Å²) >= 11 is 0. The van der Waals surface area contributed by atoms with E-state index in [1.165, 1.54) is 11.1 Å². The SMILES string of the molecule is CC1(C)CCCN(C(=O)c2cncc(F)c2)C1C(=O)O. The average molecular weight is 280 g/mol. The molecule has 1 aliphatic heterocycles. The van der Waals surface area contributed by atoms with E-state index in [9.17, 15) is 19.1 Å². The van der Waals surface area contributed by atoms with Gasteiger partial charge < -0.3 is 10.0 Å². The Labute approximate surface area is 116 Å². The van der Waals surface area contributed by atoms with E-state index in [-0.39, 0.29) is 5.56 Å². The van der Waals surface area contributed by atoms with Crippen molar-refractivity contribution in [1.82, 2.24) is 9.88 Å². The number of carbonyl (C=O) groups is 2. The number of aromatic nitrogens is 1. The van der Waals surface area contributed by atoms with Crippen molar-refractivity contribution in [3.05, 3.63) is 29.8 Å². The summed E-state index contributed by atoms with van der Waals surface area (Å²) < 4.78 is 13.2. The molecule has 1 amide bonds. The minimum Gasteiger partial charge on any atom is -0.480 e. The van der Waals surface area contributed by atoms with Crippen LogP contribution >= 0.6 is 0 Å². The van der Waals surface area contributed by atoms with Crippen LogP contribution in [0.25, 0.3) is 0 Å². The zero-order valence-corrected chi connectivity index (χ0v) is 11.5. The van der Waals surface area contributed by atoms with Gasteiger partial charge in [-0.05, 0) is 24.3 Å². The molecule has 0 aromatic carbocycles. The number of carboxylic acids is 1. The maximum Gasteiger partial charge on any atom is 0.326 e. The predicted molar refractivity (Wildman–Crippen MR) is 69.7 cm³/mol. The zero-order valence-electron chi connectivity index (χ0n) is 11.5. The summed E-state index contributed by atoms with van der Waals surface area (Å²) in [5.74, 6) is -2.14. The summed E-state index contributed by atoms with van der Waals surface area (Å²) in [6.07, 6.45) is 3.72. The Balaban J connectivity index is 2.34. The van der Waals surface area contributed by atoms with Gasteiger partial charge in [-0.3, -0.25) is 9.78 Å². The number of rotatable bonds is 2. The summed E-state index contributed by atoms with van der Waals surface area (Å²) in [6, 6.07) is 0.169. The fourth-order valence-electron chi connectivity index (χ4n) is 2.77. The number of hydrogen-bond donors (Lipinski definition) is 1. The molecule has 20 heavy (non-hydrogen) atoms. The van der Waals surface area contributed by atoms with Crippen LogP contribution in [-0.4, -0.2) is 39.5 Å². The van der Waals surface area contributed by atoms with Crippen LogP contribution in [0.3, 0.4) is 0 Å². The van der Waals surface area contributed by atoms with Crippen LogP contribution in [0, 0.1) is 11.2 Å². The zero-order chi connectivity index (χ0) is 14.9. The second-order valence-electron chi connectivity index (χ2n) is 5.72. The third-order valence-electron chi connectivity index (χ3n) is 3.72. The van der Waals surface area contributed by atoms with Crippen LogP contribution in [0.1, 0.15) is 37.0 Å². The second kappa shape index (κ2) is 5.19. The molecule has 1 atom stereocenters. The van der Waals surface area contributed by atoms with Crippen LogP contribution in [0.5, 0.6) is 0 Å². The topological polar surface area (TPSA) is 70.5 Å². The Hall–Kier alpha value is -1.98. The Bertz CT molecular complexity index is 545. The molecule has 0 aliphatic carbocycles. The summed E-state index contributed by atoms with van der Waals surface area (Å²) in [5.41, 5.74) is -0.436. The Kier molecular flexibility index (Phi) is 3.74. The lowest BCUT2D eigenvalue weighted by atomic mass is 9.76. The first-order chi connectivity index (χ1) is 9.33. The van der Waals surface area contributed by atoms with Crippen LogP contribution in [0.15, 0.2) is 18.5 Å².